The second kappa shape index (κ2) is 13.7. The Kier molecular flexibility index (Phi) is 10.6. The summed E-state index contributed by atoms with van der Waals surface area (Å²) in [7, 11) is 0. The van der Waals surface area contributed by atoms with Gasteiger partial charge in [-0.3, -0.25) is 4.79 Å². The molecule has 6 heteroatoms. The lowest BCUT2D eigenvalue weighted by atomic mass is 10.0. The van der Waals surface area contributed by atoms with Gasteiger partial charge in [0.05, 0.1) is 5.54 Å². The lowest BCUT2D eigenvalue weighted by Crippen LogP contribution is -2.42. The molecule has 0 bridgehead atoms. The van der Waals surface area contributed by atoms with Crippen LogP contribution in [0.15, 0.2) is 42.5 Å². The summed E-state index contributed by atoms with van der Waals surface area (Å²) in [5.74, 6) is 8.41. The summed E-state index contributed by atoms with van der Waals surface area (Å²) in [4.78, 5) is 17.6. The molecule has 1 fully saturated rings. The molecule has 1 aliphatic carbocycles. The van der Waals surface area contributed by atoms with E-state index in [-0.39, 0.29) is 17.5 Å². The standard InChI is InChI=1S/C30H41ClN4O/c1-22(2)15-18-32-28-21-25(20-27(31)35-28)29(36)34-26(13-12-23-8-6-5-7-9-23)16-19-33-30(3,4)17-14-24-10-11-24/h5-9,20-22,24,26,33H,10-13,15-16,18-19H2,1-4H3,(H,32,35)(H,34,36). The summed E-state index contributed by atoms with van der Waals surface area (Å²) in [6, 6.07) is 13.8. The number of carbonyl (C=O) groups is 1. The van der Waals surface area contributed by atoms with Crippen LogP contribution in [0.25, 0.3) is 0 Å². The first-order valence-electron chi connectivity index (χ1n) is 13.2. The van der Waals surface area contributed by atoms with Gasteiger partial charge in [-0.05, 0) is 82.5 Å². The fraction of sp³-hybridized carbons (Fsp3) is 0.533. The molecule has 5 nitrogen and oxygen atoms in total. The average molecular weight is 509 g/mol. The largest absolute Gasteiger partial charge is 0.370 e. The van der Waals surface area contributed by atoms with E-state index in [1.54, 1.807) is 12.1 Å². The van der Waals surface area contributed by atoms with Gasteiger partial charge in [-0.15, -0.1) is 0 Å². The van der Waals surface area contributed by atoms with Crippen LogP contribution in [0.1, 0.15) is 75.7 Å². The van der Waals surface area contributed by atoms with Crippen LogP contribution in [0.5, 0.6) is 0 Å². The first-order valence-corrected chi connectivity index (χ1v) is 13.6. The molecular weight excluding hydrogens is 468 g/mol. The molecule has 0 aliphatic heterocycles. The lowest BCUT2D eigenvalue weighted by Gasteiger charge is -2.24. The highest BCUT2D eigenvalue weighted by atomic mass is 35.5. The Labute approximate surface area is 222 Å². The number of aryl methyl sites for hydroxylation is 1. The molecule has 1 amide bonds. The predicted octanol–water partition coefficient (Wildman–Crippen LogP) is 6.10. The summed E-state index contributed by atoms with van der Waals surface area (Å²) in [6.07, 6.45) is 6.03. The van der Waals surface area contributed by atoms with Crippen molar-refractivity contribution in [1.29, 1.82) is 0 Å². The Balaban J connectivity index is 1.62. The number of amides is 1. The minimum absolute atomic E-state index is 0.0155. The van der Waals surface area contributed by atoms with Gasteiger partial charge in [0, 0.05) is 24.1 Å². The maximum absolute atomic E-state index is 13.2. The number of hydrogen-bond donors (Lipinski definition) is 3. The Morgan fingerprint density at radius 3 is 2.56 bits per heavy atom. The van der Waals surface area contributed by atoms with Crippen molar-refractivity contribution in [2.24, 2.45) is 11.8 Å². The molecule has 1 aromatic heterocycles. The molecule has 3 rings (SSSR count). The molecule has 1 atom stereocenters. The second-order valence-corrected chi connectivity index (χ2v) is 11.1. The molecule has 1 heterocycles. The molecular formula is C30H41ClN4O. The quantitative estimate of drug-likeness (QED) is 0.226. The van der Waals surface area contributed by atoms with E-state index in [0.717, 1.165) is 38.8 Å². The minimum atomic E-state index is -0.244. The van der Waals surface area contributed by atoms with Crippen LogP contribution in [0.2, 0.25) is 5.15 Å². The molecule has 3 N–H and O–H groups in total. The number of nitrogens with zero attached hydrogens (tertiary/aromatic N) is 1. The van der Waals surface area contributed by atoms with Crippen molar-refractivity contribution in [2.75, 3.05) is 18.4 Å². The minimum Gasteiger partial charge on any atom is -0.370 e. The van der Waals surface area contributed by atoms with E-state index >= 15 is 0 Å². The molecule has 194 valence electrons. The maximum atomic E-state index is 13.2. The Bertz CT molecular complexity index is 1040. The van der Waals surface area contributed by atoms with Gasteiger partial charge < -0.3 is 16.0 Å². The van der Waals surface area contributed by atoms with Crippen molar-refractivity contribution in [2.45, 2.75) is 77.8 Å². The highest BCUT2D eigenvalue weighted by Gasteiger charge is 2.21. The van der Waals surface area contributed by atoms with Crippen LogP contribution in [0.3, 0.4) is 0 Å². The van der Waals surface area contributed by atoms with Gasteiger partial charge in [-0.1, -0.05) is 67.6 Å². The zero-order valence-corrected chi connectivity index (χ0v) is 22.9. The number of nitrogens with one attached hydrogen (secondary N) is 3. The molecule has 2 aromatic rings. The molecule has 0 radical (unpaired) electrons. The molecule has 36 heavy (non-hydrogen) atoms. The summed E-state index contributed by atoms with van der Waals surface area (Å²) < 4.78 is 0. The van der Waals surface area contributed by atoms with Crippen LogP contribution in [-0.2, 0) is 6.42 Å². The van der Waals surface area contributed by atoms with Crippen LogP contribution < -0.4 is 16.0 Å². The summed E-state index contributed by atoms with van der Waals surface area (Å²) in [5, 5.41) is 10.4. The van der Waals surface area contributed by atoms with E-state index < -0.39 is 0 Å². The Morgan fingerprint density at radius 2 is 1.86 bits per heavy atom. The number of pyridine rings is 1. The van der Waals surface area contributed by atoms with Crippen molar-refractivity contribution in [3.8, 4) is 11.8 Å². The Morgan fingerprint density at radius 1 is 1.11 bits per heavy atom. The van der Waals surface area contributed by atoms with Gasteiger partial charge >= 0.3 is 0 Å². The van der Waals surface area contributed by atoms with Gasteiger partial charge in [0.2, 0.25) is 0 Å². The van der Waals surface area contributed by atoms with Crippen molar-refractivity contribution in [3.63, 3.8) is 0 Å². The number of hydrogen-bond acceptors (Lipinski definition) is 4. The van der Waals surface area contributed by atoms with Crippen LogP contribution in [-0.4, -0.2) is 35.6 Å². The fourth-order valence-corrected chi connectivity index (χ4v) is 4.07. The summed E-state index contributed by atoms with van der Waals surface area (Å²) >= 11 is 6.25. The number of aromatic nitrogens is 1. The van der Waals surface area contributed by atoms with Crippen molar-refractivity contribution in [3.05, 3.63) is 58.7 Å². The Hall–Kier alpha value is -2.55. The smallest absolute Gasteiger partial charge is 0.251 e. The fourth-order valence-electron chi connectivity index (χ4n) is 3.86. The predicted molar refractivity (Wildman–Crippen MR) is 150 cm³/mol. The SMILES string of the molecule is CC(C)CCNc1cc(C(=O)NC(CCNC(C)(C)C#CC2CC2)CCc2ccccc2)cc(Cl)n1. The van der Waals surface area contributed by atoms with E-state index in [9.17, 15) is 4.79 Å². The zero-order valence-electron chi connectivity index (χ0n) is 22.2. The number of carbonyl (C=O) groups excluding carboxylic acids is 1. The second-order valence-electron chi connectivity index (χ2n) is 10.8. The third kappa shape index (κ3) is 10.6. The van der Waals surface area contributed by atoms with Crippen LogP contribution >= 0.6 is 11.6 Å². The van der Waals surface area contributed by atoms with Crippen LogP contribution in [0, 0.1) is 23.7 Å². The van der Waals surface area contributed by atoms with Crippen molar-refractivity contribution in [1.82, 2.24) is 15.6 Å². The third-order valence-corrected chi connectivity index (χ3v) is 6.46. The molecule has 0 spiro atoms. The van der Waals surface area contributed by atoms with Crippen molar-refractivity contribution >= 4 is 23.3 Å². The van der Waals surface area contributed by atoms with Crippen molar-refractivity contribution < 1.29 is 4.79 Å². The lowest BCUT2D eigenvalue weighted by molar-refractivity contribution is 0.0932. The maximum Gasteiger partial charge on any atom is 0.251 e. The first-order chi connectivity index (χ1) is 17.2. The highest BCUT2D eigenvalue weighted by Crippen LogP contribution is 2.27. The van der Waals surface area contributed by atoms with E-state index in [2.05, 4.69) is 84.7 Å². The van der Waals surface area contributed by atoms with Gasteiger partial charge in [-0.2, -0.15) is 0 Å². The zero-order chi connectivity index (χ0) is 26.0. The van der Waals surface area contributed by atoms with E-state index in [0.29, 0.717) is 28.4 Å². The topological polar surface area (TPSA) is 66.1 Å². The van der Waals surface area contributed by atoms with Gasteiger partial charge in [-0.25, -0.2) is 4.98 Å². The van der Waals surface area contributed by atoms with E-state index in [1.807, 2.05) is 6.07 Å². The summed E-state index contributed by atoms with van der Waals surface area (Å²) in [6.45, 7) is 10.1. The molecule has 0 saturated heterocycles. The van der Waals surface area contributed by atoms with Crippen LogP contribution in [0.4, 0.5) is 5.82 Å². The van der Waals surface area contributed by atoms with Gasteiger partial charge in [0.15, 0.2) is 0 Å². The molecule has 1 aromatic carbocycles. The molecule has 1 aliphatic rings. The summed E-state index contributed by atoms with van der Waals surface area (Å²) in [5.41, 5.74) is 1.55. The number of rotatable bonds is 13. The number of halogens is 1. The molecule has 1 unspecified atom stereocenters. The third-order valence-electron chi connectivity index (χ3n) is 6.27. The monoisotopic (exact) mass is 508 g/mol. The number of benzene rings is 1. The average Bonchev–Trinajstić information content (AvgIpc) is 3.66. The number of anilines is 1. The normalized spacial score (nSPS) is 14.2. The molecule has 1 saturated carbocycles. The first kappa shape index (κ1) is 28.0. The van der Waals surface area contributed by atoms with Gasteiger partial charge in [0.25, 0.3) is 5.91 Å². The van der Waals surface area contributed by atoms with E-state index in [1.165, 1.54) is 18.4 Å². The van der Waals surface area contributed by atoms with Gasteiger partial charge in [0.1, 0.15) is 11.0 Å². The highest BCUT2D eigenvalue weighted by molar-refractivity contribution is 6.29. The van der Waals surface area contributed by atoms with E-state index in [4.69, 9.17) is 11.6 Å².